The smallest absolute Gasteiger partial charge is 0.235 e. The van der Waals surface area contributed by atoms with E-state index in [9.17, 15) is 9.90 Å². The molecule has 0 saturated carbocycles. The first-order valence-corrected chi connectivity index (χ1v) is 15.5. The van der Waals surface area contributed by atoms with E-state index in [0.29, 0.717) is 8.95 Å². The van der Waals surface area contributed by atoms with E-state index in [0.717, 1.165) is 16.7 Å². The fraction of sp³-hybridized carbons (Fsp3) is 0.265. The molecule has 4 aromatic rings. The first-order chi connectivity index (χ1) is 21.0. The van der Waals surface area contributed by atoms with Gasteiger partial charge in [-0.15, -0.1) is 0 Å². The Bertz CT molecular complexity index is 1490. The van der Waals surface area contributed by atoms with Gasteiger partial charge < -0.3 is 28.8 Å². The zero-order chi connectivity index (χ0) is 30.0. The third-order valence-electron chi connectivity index (χ3n) is 6.98. The van der Waals surface area contributed by atoms with Gasteiger partial charge in [-0.05, 0) is 60.7 Å². The van der Waals surface area contributed by atoms with Crippen molar-refractivity contribution >= 4 is 31.9 Å². The number of aliphatic hydroxyl groups is 1. The zero-order valence-electron chi connectivity index (χ0n) is 23.3. The van der Waals surface area contributed by atoms with Gasteiger partial charge in [-0.25, -0.2) is 0 Å². The Morgan fingerprint density at radius 2 is 1.07 bits per heavy atom. The van der Waals surface area contributed by atoms with Crippen LogP contribution < -0.4 is 10.2 Å². The molecular formula is C34H32Br2O7. The Hall–Kier alpha value is -2.89. The summed E-state index contributed by atoms with van der Waals surface area (Å²) < 4.78 is 32.2. The lowest BCUT2D eigenvalue weighted by Crippen LogP contribution is -2.61. The molecule has 4 aromatic carbocycles. The summed E-state index contributed by atoms with van der Waals surface area (Å²) in [4.78, 5) is 12.9. The molecule has 1 aliphatic heterocycles. The average Bonchev–Trinajstić information content (AvgIpc) is 3.15. The Labute approximate surface area is 267 Å². The highest BCUT2D eigenvalue weighted by Crippen LogP contribution is 2.31. The molecule has 0 bridgehead atoms. The molecule has 9 heteroatoms. The maximum Gasteiger partial charge on any atom is 0.235 e. The van der Waals surface area contributed by atoms with Gasteiger partial charge in [0.15, 0.2) is 12.0 Å². The van der Waals surface area contributed by atoms with E-state index in [2.05, 4.69) is 31.9 Å². The van der Waals surface area contributed by atoms with Crippen LogP contribution in [0.5, 0.6) is 5.75 Å². The molecule has 1 aliphatic rings. The maximum atomic E-state index is 12.9. The highest BCUT2D eigenvalue weighted by molar-refractivity contribution is 9.11. The number of hydrogen-bond acceptors (Lipinski definition) is 7. The Morgan fingerprint density at radius 1 is 0.605 bits per heavy atom. The van der Waals surface area contributed by atoms with Gasteiger partial charge in [0.25, 0.3) is 0 Å². The lowest BCUT2D eigenvalue weighted by molar-refractivity contribution is -0.314. The van der Waals surface area contributed by atoms with Crippen molar-refractivity contribution in [1.29, 1.82) is 0 Å². The standard InChI is InChI=1S/C34H32Br2O7/c35-26-17-10-18-27(36)30(29(26)37)42-22-28-31(39-19-23-11-4-1-5-12-23)32(40-20-24-13-6-2-7-14-24)33(34(38)43-28)41-21-25-15-8-3-9-16-25/h1-18,28,31-34,38H,19-22H2/t28-,31-,32+,33-,34+/m1/s1. The summed E-state index contributed by atoms with van der Waals surface area (Å²) in [5.41, 5.74) is 2.54. The number of aliphatic hydroxyl groups excluding tert-OH is 1. The number of rotatable bonds is 12. The minimum Gasteiger partial charge on any atom is -0.485 e. The van der Waals surface area contributed by atoms with Crippen LogP contribution in [0.4, 0.5) is 0 Å². The van der Waals surface area contributed by atoms with Gasteiger partial charge in [-0.3, -0.25) is 4.79 Å². The molecule has 1 heterocycles. The van der Waals surface area contributed by atoms with Gasteiger partial charge in [0.05, 0.1) is 28.8 Å². The van der Waals surface area contributed by atoms with Gasteiger partial charge in [0.1, 0.15) is 31.0 Å². The second-order valence-electron chi connectivity index (χ2n) is 10.0. The van der Waals surface area contributed by atoms with E-state index in [-0.39, 0.29) is 37.6 Å². The zero-order valence-corrected chi connectivity index (χ0v) is 26.4. The molecule has 1 N–H and O–H groups in total. The average molecular weight is 712 g/mol. The van der Waals surface area contributed by atoms with E-state index in [1.54, 1.807) is 18.2 Å². The molecule has 0 spiro atoms. The van der Waals surface area contributed by atoms with Crippen LogP contribution in [0.1, 0.15) is 16.7 Å². The van der Waals surface area contributed by atoms with E-state index in [1.807, 2.05) is 91.0 Å². The molecule has 7 nitrogen and oxygen atoms in total. The van der Waals surface area contributed by atoms with Crippen molar-refractivity contribution in [2.24, 2.45) is 0 Å². The van der Waals surface area contributed by atoms with Crippen LogP contribution in [-0.4, -0.2) is 42.4 Å². The Kier molecular flexibility index (Phi) is 11.5. The molecule has 5 atom stereocenters. The molecule has 1 saturated heterocycles. The molecule has 0 amide bonds. The van der Waals surface area contributed by atoms with Crippen molar-refractivity contribution in [1.82, 2.24) is 0 Å². The normalized spacial score (nSPS) is 21.8. The van der Waals surface area contributed by atoms with E-state index < -0.39 is 30.7 Å². The number of hydrogen-bond donors (Lipinski definition) is 1. The van der Waals surface area contributed by atoms with Crippen LogP contribution in [0.3, 0.4) is 0 Å². The third kappa shape index (κ3) is 8.61. The predicted molar refractivity (Wildman–Crippen MR) is 170 cm³/mol. The van der Waals surface area contributed by atoms with E-state index >= 15 is 0 Å². The molecule has 1 fully saturated rings. The van der Waals surface area contributed by atoms with Gasteiger partial charge in [-0.1, -0.05) is 97.1 Å². The summed E-state index contributed by atoms with van der Waals surface area (Å²) >= 11 is 6.73. The second-order valence-corrected chi connectivity index (χ2v) is 11.7. The maximum absolute atomic E-state index is 12.9. The highest BCUT2D eigenvalue weighted by Gasteiger charge is 2.48. The van der Waals surface area contributed by atoms with Crippen LogP contribution in [0, 0.1) is 0 Å². The van der Waals surface area contributed by atoms with Crippen molar-refractivity contribution in [2.45, 2.75) is 50.5 Å². The Morgan fingerprint density at radius 3 is 1.60 bits per heavy atom. The van der Waals surface area contributed by atoms with Crippen molar-refractivity contribution in [3.8, 4) is 5.75 Å². The molecule has 0 radical (unpaired) electrons. The molecule has 0 unspecified atom stereocenters. The summed E-state index contributed by atoms with van der Waals surface area (Å²) in [5.74, 6) is 0.112. The fourth-order valence-corrected chi connectivity index (χ4v) is 5.56. The first kappa shape index (κ1) is 31.5. The molecule has 43 heavy (non-hydrogen) atoms. The lowest BCUT2D eigenvalue weighted by atomic mass is 9.98. The van der Waals surface area contributed by atoms with Crippen molar-refractivity contribution < 1.29 is 28.8 Å². The molecule has 224 valence electrons. The summed E-state index contributed by atoms with van der Waals surface area (Å²) in [6.07, 6.45) is -4.47. The summed E-state index contributed by atoms with van der Waals surface area (Å²) in [7, 11) is 0. The van der Waals surface area contributed by atoms with Gasteiger partial charge in [-0.2, -0.15) is 0 Å². The van der Waals surface area contributed by atoms with Gasteiger partial charge >= 0.3 is 0 Å². The largest absolute Gasteiger partial charge is 0.485 e. The third-order valence-corrected chi connectivity index (χ3v) is 8.23. The topological polar surface area (TPSA) is 83.5 Å². The van der Waals surface area contributed by atoms with E-state index in [1.165, 1.54) is 0 Å². The summed E-state index contributed by atoms with van der Waals surface area (Å²) in [5, 5.41) is 11.3. The number of benzene rings is 3. The number of halogens is 2. The van der Waals surface area contributed by atoms with Gasteiger partial charge in [0, 0.05) is 0 Å². The minimum atomic E-state index is -1.34. The van der Waals surface area contributed by atoms with Crippen LogP contribution >= 0.6 is 31.9 Å². The summed E-state index contributed by atoms with van der Waals surface area (Å²) in [6.45, 7) is 0.683. The van der Waals surface area contributed by atoms with Crippen LogP contribution in [0.15, 0.2) is 123 Å². The molecule has 5 rings (SSSR count). The monoisotopic (exact) mass is 710 g/mol. The fourth-order valence-electron chi connectivity index (χ4n) is 4.78. The van der Waals surface area contributed by atoms with Crippen molar-refractivity contribution in [3.05, 3.63) is 145 Å². The van der Waals surface area contributed by atoms with Crippen LogP contribution in [0.25, 0.3) is 0 Å². The highest BCUT2D eigenvalue weighted by atomic mass is 79.9. The summed E-state index contributed by atoms with van der Waals surface area (Å²) in [6, 6.07) is 34.3. The molecule has 0 aliphatic carbocycles. The van der Waals surface area contributed by atoms with Crippen molar-refractivity contribution in [2.75, 3.05) is 6.61 Å². The Balaban J connectivity index is 1.43. The van der Waals surface area contributed by atoms with Crippen LogP contribution in [-0.2, 0) is 38.8 Å². The predicted octanol–water partition coefficient (Wildman–Crippen LogP) is 6.42. The SMILES string of the molecule is O=c1c(Br)cccc(Br)c1OC[C@H]1O[C@H](O)[C@H](OCc2ccccc2)[C@@H](OCc2ccccc2)[C@@H]1OCc1ccccc1. The first-order valence-electron chi connectivity index (χ1n) is 13.9. The van der Waals surface area contributed by atoms with E-state index in [4.69, 9.17) is 23.7 Å². The van der Waals surface area contributed by atoms with Gasteiger partial charge in [0.2, 0.25) is 5.43 Å². The lowest BCUT2D eigenvalue weighted by Gasteiger charge is -2.44. The van der Waals surface area contributed by atoms with Crippen LogP contribution in [0.2, 0.25) is 0 Å². The van der Waals surface area contributed by atoms with Crippen molar-refractivity contribution in [3.63, 3.8) is 0 Å². The second kappa shape index (κ2) is 15.7. The molecule has 0 aromatic heterocycles. The number of ether oxygens (including phenoxy) is 5. The quantitative estimate of drug-likeness (QED) is 0.182. The molecular weight excluding hydrogens is 680 g/mol. The minimum absolute atomic E-state index is 0.0859.